The molecule has 0 radical (unpaired) electrons. The van der Waals surface area contributed by atoms with Crippen LogP contribution in [0, 0.1) is 12.3 Å². The fraction of sp³-hybridized carbons (Fsp3) is 0.550. The van der Waals surface area contributed by atoms with Crippen LogP contribution < -0.4 is 0 Å². The number of ether oxygens (including phenoxy) is 2. The molecule has 1 aromatic rings. The summed E-state index contributed by atoms with van der Waals surface area (Å²) < 4.78 is 11.2. The minimum Gasteiger partial charge on any atom is -0.444 e. The van der Waals surface area contributed by atoms with E-state index in [-0.39, 0.29) is 24.8 Å². The Morgan fingerprint density at radius 3 is 2.62 bits per heavy atom. The molecule has 130 valence electrons. The van der Waals surface area contributed by atoms with Crippen LogP contribution in [-0.4, -0.2) is 41.9 Å². The Balaban J connectivity index is 2.09. The maximum Gasteiger partial charge on any atom is 0.410 e. The number of carbonyl (C=O) groups excluding carboxylic acids is 1. The number of terminal acetylenes is 1. The molecule has 1 saturated heterocycles. The van der Waals surface area contributed by atoms with Crippen molar-refractivity contribution in [2.24, 2.45) is 0 Å². The lowest BCUT2D eigenvalue weighted by Gasteiger charge is -2.40. The summed E-state index contributed by atoms with van der Waals surface area (Å²) in [5.74, 6) is 2.49. The van der Waals surface area contributed by atoms with Crippen molar-refractivity contribution in [1.82, 2.24) is 4.90 Å². The first-order valence-electron chi connectivity index (χ1n) is 8.47. The lowest BCUT2D eigenvalue weighted by atomic mass is 9.94. The van der Waals surface area contributed by atoms with Crippen LogP contribution in [0.25, 0.3) is 0 Å². The molecule has 4 nitrogen and oxygen atoms in total. The van der Waals surface area contributed by atoms with E-state index < -0.39 is 5.60 Å². The Bertz CT molecular complexity index is 571. The summed E-state index contributed by atoms with van der Waals surface area (Å²) >= 11 is 0. The number of rotatable bonds is 4. The van der Waals surface area contributed by atoms with Crippen molar-refractivity contribution >= 4 is 6.09 Å². The molecule has 0 unspecified atom stereocenters. The van der Waals surface area contributed by atoms with E-state index in [1.165, 1.54) is 5.56 Å². The first-order chi connectivity index (χ1) is 11.4. The third-order valence-electron chi connectivity index (χ3n) is 4.01. The van der Waals surface area contributed by atoms with Gasteiger partial charge in [-0.3, -0.25) is 0 Å². The summed E-state index contributed by atoms with van der Waals surface area (Å²) in [7, 11) is 0. The minimum absolute atomic E-state index is 0.0272. The van der Waals surface area contributed by atoms with Crippen LogP contribution >= 0.6 is 0 Å². The van der Waals surface area contributed by atoms with Gasteiger partial charge in [0.2, 0.25) is 0 Å². The molecule has 0 spiro atoms. The van der Waals surface area contributed by atoms with Crippen LogP contribution in [0.15, 0.2) is 30.3 Å². The summed E-state index contributed by atoms with van der Waals surface area (Å²) in [6.07, 6.45) is 7.57. The maximum atomic E-state index is 12.6. The van der Waals surface area contributed by atoms with Gasteiger partial charge in [-0.2, -0.15) is 0 Å². The molecule has 0 aliphatic carbocycles. The van der Waals surface area contributed by atoms with Crippen molar-refractivity contribution in [3.8, 4) is 12.3 Å². The van der Waals surface area contributed by atoms with Gasteiger partial charge in [0, 0.05) is 6.04 Å². The topological polar surface area (TPSA) is 38.8 Å². The average Bonchev–Trinajstić information content (AvgIpc) is 2.53. The van der Waals surface area contributed by atoms with Crippen LogP contribution in [0.2, 0.25) is 0 Å². The number of hydrogen-bond donors (Lipinski definition) is 0. The number of piperidine rings is 1. The quantitative estimate of drug-likeness (QED) is 0.792. The summed E-state index contributed by atoms with van der Waals surface area (Å²) in [6, 6.07) is 10.3. The van der Waals surface area contributed by atoms with Gasteiger partial charge in [-0.15, -0.1) is 6.42 Å². The van der Waals surface area contributed by atoms with Crippen LogP contribution in [0.1, 0.15) is 39.2 Å². The van der Waals surface area contributed by atoms with E-state index in [9.17, 15) is 4.79 Å². The van der Waals surface area contributed by atoms with Crippen LogP contribution in [-0.2, 0) is 15.9 Å². The van der Waals surface area contributed by atoms with Crippen molar-refractivity contribution in [2.75, 3.05) is 13.2 Å². The summed E-state index contributed by atoms with van der Waals surface area (Å²) in [6.45, 7) is 6.44. The number of likely N-dealkylation sites (tertiary alicyclic amines) is 1. The second-order valence-corrected chi connectivity index (χ2v) is 7.19. The predicted octanol–water partition coefficient (Wildman–Crippen LogP) is 3.65. The molecule has 1 aliphatic rings. The lowest BCUT2D eigenvalue weighted by molar-refractivity contribution is -0.0294. The van der Waals surface area contributed by atoms with E-state index in [4.69, 9.17) is 15.9 Å². The van der Waals surface area contributed by atoms with Crippen molar-refractivity contribution in [1.29, 1.82) is 0 Å². The van der Waals surface area contributed by atoms with Gasteiger partial charge in [-0.1, -0.05) is 36.3 Å². The number of amides is 1. The van der Waals surface area contributed by atoms with Crippen LogP contribution in [0.5, 0.6) is 0 Å². The highest BCUT2D eigenvalue weighted by molar-refractivity contribution is 5.68. The fourth-order valence-electron chi connectivity index (χ4n) is 2.94. The first kappa shape index (κ1) is 18.4. The van der Waals surface area contributed by atoms with Crippen molar-refractivity contribution in [3.05, 3.63) is 35.9 Å². The SMILES string of the molecule is C#CCO[C@@H]1CC[C@H](Cc2ccccc2)N(C(=O)OC(C)(C)C)C1. The Morgan fingerprint density at radius 1 is 1.29 bits per heavy atom. The average molecular weight is 329 g/mol. The maximum absolute atomic E-state index is 12.6. The highest BCUT2D eigenvalue weighted by Crippen LogP contribution is 2.25. The van der Waals surface area contributed by atoms with Gasteiger partial charge >= 0.3 is 6.09 Å². The van der Waals surface area contributed by atoms with Gasteiger partial charge in [-0.25, -0.2) is 4.79 Å². The molecule has 0 aromatic heterocycles. The second-order valence-electron chi connectivity index (χ2n) is 7.19. The van der Waals surface area contributed by atoms with Gasteiger partial charge in [-0.05, 0) is 45.6 Å². The summed E-state index contributed by atoms with van der Waals surface area (Å²) in [5.41, 5.74) is 0.708. The molecule has 2 atom stereocenters. The zero-order valence-corrected chi connectivity index (χ0v) is 14.8. The van der Waals surface area contributed by atoms with Gasteiger partial charge in [0.1, 0.15) is 12.2 Å². The minimum atomic E-state index is -0.513. The monoisotopic (exact) mass is 329 g/mol. The zero-order valence-electron chi connectivity index (χ0n) is 14.8. The highest BCUT2D eigenvalue weighted by Gasteiger charge is 2.34. The summed E-state index contributed by atoms with van der Waals surface area (Å²) in [5, 5.41) is 0. The number of nitrogens with zero attached hydrogens (tertiary/aromatic N) is 1. The highest BCUT2D eigenvalue weighted by atomic mass is 16.6. The van der Waals surface area contributed by atoms with Crippen molar-refractivity contribution in [2.45, 2.75) is 57.8 Å². The summed E-state index contributed by atoms with van der Waals surface area (Å²) in [4.78, 5) is 14.5. The predicted molar refractivity (Wildman–Crippen MR) is 94.7 cm³/mol. The van der Waals surface area contributed by atoms with Crippen LogP contribution in [0.3, 0.4) is 0 Å². The molecule has 0 saturated carbocycles. The van der Waals surface area contributed by atoms with Crippen molar-refractivity contribution < 1.29 is 14.3 Å². The fourth-order valence-corrected chi connectivity index (χ4v) is 2.94. The molecule has 1 aromatic carbocycles. The third kappa shape index (κ3) is 5.58. The molecule has 1 heterocycles. The molecule has 0 bridgehead atoms. The first-order valence-corrected chi connectivity index (χ1v) is 8.47. The number of hydrogen-bond acceptors (Lipinski definition) is 3. The molecule has 24 heavy (non-hydrogen) atoms. The Morgan fingerprint density at radius 2 is 2.00 bits per heavy atom. The molecular formula is C20H27NO3. The standard InChI is InChI=1S/C20H27NO3/c1-5-13-23-18-12-11-17(14-16-9-7-6-8-10-16)21(15-18)19(22)24-20(2,3)4/h1,6-10,17-18H,11-15H2,2-4H3/t17-,18-/m1/s1. The van der Waals surface area contributed by atoms with E-state index in [0.29, 0.717) is 6.54 Å². The van der Waals surface area contributed by atoms with Crippen LogP contribution in [0.4, 0.5) is 4.79 Å². The van der Waals surface area contributed by atoms with E-state index >= 15 is 0 Å². The normalized spacial score (nSPS) is 21.2. The van der Waals surface area contributed by atoms with E-state index in [0.717, 1.165) is 19.3 Å². The Hall–Kier alpha value is -1.99. The lowest BCUT2D eigenvalue weighted by Crippen LogP contribution is -2.51. The van der Waals surface area contributed by atoms with Gasteiger partial charge in [0.25, 0.3) is 0 Å². The smallest absolute Gasteiger partial charge is 0.410 e. The van der Waals surface area contributed by atoms with E-state index in [1.54, 1.807) is 0 Å². The zero-order chi connectivity index (χ0) is 17.6. The number of carbonyl (C=O) groups is 1. The molecule has 4 heteroatoms. The molecule has 1 aliphatic heterocycles. The second kappa shape index (κ2) is 8.21. The third-order valence-corrected chi connectivity index (χ3v) is 4.01. The van der Waals surface area contributed by atoms with E-state index in [1.807, 2.05) is 43.9 Å². The van der Waals surface area contributed by atoms with Gasteiger partial charge < -0.3 is 14.4 Å². The van der Waals surface area contributed by atoms with Crippen molar-refractivity contribution in [3.63, 3.8) is 0 Å². The molecule has 1 amide bonds. The van der Waals surface area contributed by atoms with Gasteiger partial charge in [0.05, 0.1) is 12.6 Å². The molecule has 1 fully saturated rings. The van der Waals surface area contributed by atoms with E-state index in [2.05, 4.69) is 18.1 Å². The largest absolute Gasteiger partial charge is 0.444 e. The number of benzene rings is 1. The molecular weight excluding hydrogens is 302 g/mol. The Labute approximate surface area is 145 Å². The van der Waals surface area contributed by atoms with Gasteiger partial charge in [0.15, 0.2) is 0 Å². The molecule has 2 rings (SSSR count). The molecule has 0 N–H and O–H groups in total. The Kier molecular flexibility index (Phi) is 6.28.